The minimum absolute atomic E-state index is 0.257. The van der Waals surface area contributed by atoms with E-state index in [1.165, 1.54) is 32.4 Å². The molecule has 12 nitrogen and oxygen atoms in total. The first-order chi connectivity index (χ1) is 16.3. The van der Waals surface area contributed by atoms with Gasteiger partial charge >= 0.3 is 0 Å². The van der Waals surface area contributed by atoms with Crippen molar-refractivity contribution in [2.24, 2.45) is 10.2 Å². The van der Waals surface area contributed by atoms with Crippen LogP contribution in [-0.2, 0) is 10.8 Å². The molecule has 0 radical (unpaired) electrons. The van der Waals surface area contributed by atoms with Gasteiger partial charge in [0.1, 0.15) is 23.3 Å². The van der Waals surface area contributed by atoms with E-state index in [-0.39, 0.29) is 11.6 Å². The van der Waals surface area contributed by atoms with Crippen LogP contribution in [0.4, 0.5) is 17.3 Å². The van der Waals surface area contributed by atoms with Gasteiger partial charge in [-0.1, -0.05) is 41.5 Å². The number of aromatic nitrogens is 8. The van der Waals surface area contributed by atoms with Crippen LogP contribution in [0.25, 0.3) is 10.3 Å². The highest BCUT2D eigenvalue weighted by Crippen LogP contribution is 2.39. The van der Waals surface area contributed by atoms with Crippen molar-refractivity contribution in [1.29, 1.82) is 5.26 Å². The van der Waals surface area contributed by atoms with Crippen molar-refractivity contribution in [1.82, 2.24) is 38.3 Å². The van der Waals surface area contributed by atoms with Gasteiger partial charge in [-0.05, 0) is 13.8 Å². The summed E-state index contributed by atoms with van der Waals surface area (Å²) < 4.78 is 11.5. The van der Waals surface area contributed by atoms with Gasteiger partial charge in [0.2, 0.25) is 10.3 Å². The highest BCUT2D eigenvalue weighted by Gasteiger charge is 2.31. The molecule has 2 N–H and O–H groups in total. The lowest BCUT2D eigenvalue weighted by Crippen LogP contribution is -2.14. The van der Waals surface area contributed by atoms with Crippen molar-refractivity contribution in [2.75, 3.05) is 5.73 Å². The quantitative estimate of drug-likeness (QED) is 0.381. The summed E-state index contributed by atoms with van der Waals surface area (Å²) in [6.45, 7) is 15.6. The van der Waals surface area contributed by atoms with E-state index in [2.05, 4.69) is 45.2 Å². The zero-order chi connectivity index (χ0) is 25.7. The number of nitrogens with two attached hydrogens (primary N) is 1. The summed E-state index contributed by atoms with van der Waals surface area (Å²) in [5, 5.41) is 29.4. The zero-order valence-electron chi connectivity index (χ0n) is 20.8. The molecular weight excluding hydrogens is 484 g/mol. The van der Waals surface area contributed by atoms with E-state index in [1.807, 2.05) is 41.5 Å². The van der Waals surface area contributed by atoms with Crippen molar-refractivity contribution in [3.05, 3.63) is 28.6 Å². The SMILES string of the molecule is Cc1nsc(-n2nc(C(C)(C)C)c(/N=N/c3c(C#N)c(C(C)(C)C)nn3-c3nc(C)ns3)c2N)n1. The number of azo groups is 1. The van der Waals surface area contributed by atoms with E-state index < -0.39 is 10.8 Å². The van der Waals surface area contributed by atoms with E-state index in [9.17, 15) is 5.26 Å². The van der Waals surface area contributed by atoms with Crippen molar-refractivity contribution in [3.63, 3.8) is 0 Å². The Morgan fingerprint density at radius 1 is 0.829 bits per heavy atom. The Balaban J connectivity index is 1.93. The Labute approximate surface area is 210 Å². The van der Waals surface area contributed by atoms with Crippen LogP contribution in [0.5, 0.6) is 0 Å². The molecule has 0 aliphatic carbocycles. The summed E-state index contributed by atoms with van der Waals surface area (Å²) in [6.07, 6.45) is 0. The number of aryl methyl sites for hydroxylation is 2. The summed E-state index contributed by atoms with van der Waals surface area (Å²) >= 11 is 2.36. The fourth-order valence-electron chi connectivity index (χ4n) is 3.28. The maximum absolute atomic E-state index is 10.0. The molecule has 4 heterocycles. The maximum Gasteiger partial charge on any atom is 0.232 e. The molecule has 4 aromatic rings. The van der Waals surface area contributed by atoms with E-state index >= 15 is 0 Å². The predicted octanol–water partition coefficient (Wildman–Crippen LogP) is 4.84. The number of rotatable bonds is 4. The molecule has 0 fully saturated rings. The first-order valence-corrected chi connectivity index (χ1v) is 12.3. The molecule has 35 heavy (non-hydrogen) atoms. The van der Waals surface area contributed by atoms with Gasteiger partial charge in [-0.2, -0.15) is 33.6 Å². The van der Waals surface area contributed by atoms with Gasteiger partial charge in [0.15, 0.2) is 17.3 Å². The van der Waals surface area contributed by atoms with Crippen LogP contribution < -0.4 is 5.73 Å². The van der Waals surface area contributed by atoms with Gasteiger partial charge in [-0.25, -0.2) is 9.97 Å². The van der Waals surface area contributed by atoms with Gasteiger partial charge in [0.05, 0.1) is 11.4 Å². The topological polar surface area (TPSA) is 162 Å². The summed E-state index contributed by atoms with van der Waals surface area (Å²) in [5.74, 6) is 1.77. The number of nitrogen functional groups attached to an aromatic ring is 1. The molecule has 0 bridgehead atoms. The lowest BCUT2D eigenvalue weighted by molar-refractivity contribution is 0.558. The zero-order valence-corrected chi connectivity index (χ0v) is 22.4. The third-order valence-electron chi connectivity index (χ3n) is 4.93. The lowest BCUT2D eigenvalue weighted by Gasteiger charge is -2.15. The molecule has 0 amide bonds. The van der Waals surface area contributed by atoms with Crippen LogP contribution in [0, 0.1) is 25.2 Å². The first-order valence-electron chi connectivity index (χ1n) is 10.8. The smallest absolute Gasteiger partial charge is 0.232 e. The van der Waals surface area contributed by atoms with Crippen LogP contribution in [-0.4, -0.2) is 38.3 Å². The maximum atomic E-state index is 10.0. The van der Waals surface area contributed by atoms with Crippen molar-refractivity contribution in [3.8, 4) is 16.3 Å². The van der Waals surface area contributed by atoms with Gasteiger partial charge < -0.3 is 5.73 Å². The van der Waals surface area contributed by atoms with Gasteiger partial charge in [0, 0.05) is 33.9 Å². The fourth-order valence-corrected chi connectivity index (χ4v) is 4.55. The predicted molar refractivity (Wildman–Crippen MR) is 134 cm³/mol. The van der Waals surface area contributed by atoms with Crippen LogP contribution in [0.3, 0.4) is 0 Å². The van der Waals surface area contributed by atoms with Gasteiger partial charge in [-0.3, -0.25) is 0 Å². The van der Waals surface area contributed by atoms with Crippen molar-refractivity contribution < 1.29 is 0 Å². The molecule has 4 rings (SSSR count). The fraction of sp³-hybridized carbons (Fsp3) is 0.476. The largest absolute Gasteiger partial charge is 0.382 e. The van der Waals surface area contributed by atoms with E-state index in [0.717, 1.165) is 0 Å². The molecule has 14 heteroatoms. The molecule has 182 valence electrons. The number of anilines is 1. The highest BCUT2D eigenvalue weighted by atomic mass is 32.1. The van der Waals surface area contributed by atoms with Crippen molar-refractivity contribution in [2.45, 2.75) is 66.2 Å². The van der Waals surface area contributed by atoms with Crippen LogP contribution in [0.15, 0.2) is 10.2 Å². The Hall–Kier alpha value is -3.57. The molecule has 0 spiro atoms. The van der Waals surface area contributed by atoms with Crippen LogP contribution in [0.1, 0.15) is 70.1 Å². The summed E-state index contributed by atoms with van der Waals surface area (Å²) in [5.41, 5.74) is 7.62. The Kier molecular flexibility index (Phi) is 6.02. The number of nitriles is 1. The Bertz CT molecular complexity index is 1460. The third-order valence-corrected chi connectivity index (χ3v) is 6.50. The van der Waals surface area contributed by atoms with Crippen LogP contribution in [0.2, 0.25) is 0 Å². The second-order valence-electron chi connectivity index (χ2n) is 10.0. The molecule has 0 atom stereocenters. The second-order valence-corrected chi connectivity index (χ2v) is 11.5. The highest BCUT2D eigenvalue weighted by molar-refractivity contribution is 7.08. The average molecular weight is 511 g/mol. The number of hydrogen-bond acceptors (Lipinski definition) is 12. The monoisotopic (exact) mass is 510 g/mol. The normalized spacial score (nSPS) is 12.5. The van der Waals surface area contributed by atoms with E-state index in [0.29, 0.717) is 44.6 Å². The molecule has 4 aromatic heterocycles. The van der Waals surface area contributed by atoms with Crippen molar-refractivity contribution >= 4 is 40.4 Å². The number of hydrogen-bond donors (Lipinski definition) is 1. The molecule has 0 saturated heterocycles. The lowest BCUT2D eigenvalue weighted by atomic mass is 9.90. The van der Waals surface area contributed by atoms with Crippen LogP contribution >= 0.6 is 23.1 Å². The first kappa shape index (κ1) is 24.6. The molecule has 0 saturated carbocycles. The second kappa shape index (κ2) is 8.58. The number of nitrogens with zero attached hydrogens (tertiary/aromatic N) is 11. The molecular formula is C21H26N12S2. The standard InChI is InChI=1S/C21H26N12S2/c1-10-24-18(34-30-10)32-16(23)13(15(29-32)21(6,7)8)26-27-17-12(9-22)14(20(3,4)5)28-33(17)19-25-11(2)31-35-19/h23H2,1-8H3/b27-26+. The summed E-state index contributed by atoms with van der Waals surface area (Å²) in [7, 11) is 0. The Morgan fingerprint density at radius 2 is 1.34 bits per heavy atom. The van der Waals surface area contributed by atoms with E-state index in [4.69, 9.17) is 5.73 Å². The minimum Gasteiger partial charge on any atom is -0.382 e. The molecule has 0 aromatic carbocycles. The van der Waals surface area contributed by atoms with Gasteiger partial charge in [0.25, 0.3) is 0 Å². The summed E-state index contributed by atoms with van der Waals surface area (Å²) in [6, 6.07) is 2.25. The van der Waals surface area contributed by atoms with Gasteiger partial charge in [-0.15, -0.1) is 10.2 Å². The third kappa shape index (κ3) is 4.56. The molecule has 0 aliphatic heterocycles. The average Bonchev–Trinajstić information content (AvgIpc) is 3.51. The Morgan fingerprint density at radius 3 is 1.80 bits per heavy atom. The minimum atomic E-state index is -0.406. The van der Waals surface area contributed by atoms with E-state index in [1.54, 1.807) is 13.8 Å². The summed E-state index contributed by atoms with van der Waals surface area (Å²) in [4.78, 5) is 8.82. The molecule has 0 unspecified atom stereocenters. The molecule has 0 aliphatic rings.